The molecule has 0 bridgehead atoms. The number of carbonyl (C=O) groups excluding carboxylic acids is 1. The number of aromatic hydroxyl groups is 1. The van der Waals surface area contributed by atoms with Crippen molar-refractivity contribution in [3.05, 3.63) is 75.7 Å². The molecule has 6 nitrogen and oxygen atoms in total. The summed E-state index contributed by atoms with van der Waals surface area (Å²) in [5.74, 6) is -1.22. The number of hydrogen-bond acceptors (Lipinski definition) is 4. The molecule has 3 aromatic rings. The highest BCUT2D eigenvalue weighted by Crippen LogP contribution is 2.12. The third-order valence-electron chi connectivity index (χ3n) is 3.47. The van der Waals surface area contributed by atoms with Gasteiger partial charge in [-0.05, 0) is 24.1 Å². The smallest absolute Gasteiger partial charge is 0.274 e. The number of fused-ring (bicyclic) bond motifs is 1. The molecule has 0 aliphatic rings. The molecule has 2 N–H and O–H groups in total. The Hall–Kier alpha value is -3.15. The van der Waals surface area contributed by atoms with Crippen molar-refractivity contribution in [1.82, 2.24) is 14.7 Å². The first-order valence-corrected chi connectivity index (χ1v) is 7.10. The molecule has 0 fully saturated rings. The fraction of sp³-hybridized carbons (Fsp3) is 0.118. The molecule has 0 aliphatic carbocycles. The van der Waals surface area contributed by atoms with Crippen LogP contribution in [0.2, 0.25) is 0 Å². The lowest BCUT2D eigenvalue weighted by Gasteiger charge is -2.08. The van der Waals surface area contributed by atoms with E-state index in [0.29, 0.717) is 0 Å². The Morgan fingerprint density at radius 1 is 1.22 bits per heavy atom. The van der Waals surface area contributed by atoms with Crippen LogP contribution in [0.1, 0.15) is 21.5 Å². The molecule has 0 spiro atoms. The molecule has 0 saturated carbocycles. The Labute approximate surface area is 132 Å². The summed E-state index contributed by atoms with van der Waals surface area (Å²) in [5, 5.41) is 12.6. The quantitative estimate of drug-likeness (QED) is 0.770. The molecule has 0 unspecified atom stereocenters. The Kier molecular flexibility index (Phi) is 3.80. The van der Waals surface area contributed by atoms with E-state index in [9.17, 15) is 14.7 Å². The topological polar surface area (TPSA) is 83.7 Å². The molecule has 0 aliphatic heterocycles. The Morgan fingerprint density at radius 2 is 1.96 bits per heavy atom. The van der Waals surface area contributed by atoms with Gasteiger partial charge in [0, 0.05) is 12.7 Å². The van der Waals surface area contributed by atoms with Gasteiger partial charge in [0.25, 0.3) is 11.5 Å². The first kappa shape index (κ1) is 14.8. The first-order chi connectivity index (χ1) is 11.1. The number of benzene rings is 1. The summed E-state index contributed by atoms with van der Waals surface area (Å²) in [6.45, 7) is 2.09. The predicted octanol–water partition coefficient (Wildman–Crippen LogP) is 1.64. The molecule has 0 saturated heterocycles. The standard InChI is InChI=1S/C17H15N3O3/c1-11-7-8-13-19-16(22)14(17(23)20(13)10-11)15(21)18-9-12-5-3-2-4-6-12/h2-8,10,22H,9H2,1H3,(H,18,21). The summed E-state index contributed by atoms with van der Waals surface area (Å²) in [6.07, 6.45) is 1.58. The Morgan fingerprint density at radius 3 is 2.70 bits per heavy atom. The number of amides is 1. The minimum Gasteiger partial charge on any atom is -0.493 e. The second-order valence-electron chi connectivity index (χ2n) is 5.22. The van der Waals surface area contributed by atoms with Gasteiger partial charge in [-0.2, -0.15) is 4.98 Å². The molecular weight excluding hydrogens is 294 g/mol. The van der Waals surface area contributed by atoms with Gasteiger partial charge in [0.15, 0.2) is 5.56 Å². The zero-order valence-electron chi connectivity index (χ0n) is 12.5. The highest BCUT2D eigenvalue weighted by Gasteiger charge is 2.19. The first-order valence-electron chi connectivity index (χ1n) is 7.10. The van der Waals surface area contributed by atoms with E-state index < -0.39 is 17.3 Å². The van der Waals surface area contributed by atoms with E-state index in [0.717, 1.165) is 11.1 Å². The van der Waals surface area contributed by atoms with Crippen LogP contribution >= 0.6 is 0 Å². The highest BCUT2D eigenvalue weighted by molar-refractivity contribution is 5.96. The van der Waals surface area contributed by atoms with Gasteiger partial charge in [0.2, 0.25) is 5.88 Å². The summed E-state index contributed by atoms with van der Waals surface area (Å²) in [7, 11) is 0. The number of aryl methyl sites for hydroxylation is 1. The minimum absolute atomic E-state index is 0.259. The van der Waals surface area contributed by atoms with Crippen molar-refractivity contribution in [1.29, 1.82) is 0 Å². The van der Waals surface area contributed by atoms with Gasteiger partial charge >= 0.3 is 0 Å². The molecule has 0 radical (unpaired) electrons. The second kappa shape index (κ2) is 5.92. The zero-order valence-corrected chi connectivity index (χ0v) is 12.5. The van der Waals surface area contributed by atoms with Crippen molar-refractivity contribution < 1.29 is 9.90 Å². The van der Waals surface area contributed by atoms with Crippen LogP contribution in [0.15, 0.2) is 53.5 Å². The van der Waals surface area contributed by atoms with Crippen LogP contribution < -0.4 is 10.9 Å². The number of carbonyl (C=O) groups is 1. The van der Waals surface area contributed by atoms with Gasteiger partial charge in [-0.15, -0.1) is 0 Å². The molecule has 116 valence electrons. The number of nitrogens with zero attached hydrogens (tertiary/aromatic N) is 2. The number of rotatable bonds is 3. The van der Waals surface area contributed by atoms with E-state index in [-0.39, 0.29) is 17.8 Å². The number of nitrogens with one attached hydrogen (secondary N) is 1. The third-order valence-corrected chi connectivity index (χ3v) is 3.47. The van der Waals surface area contributed by atoms with E-state index in [2.05, 4.69) is 10.3 Å². The molecule has 2 aromatic heterocycles. The van der Waals surface area contributed by atoms with Crippen molar-refractivity contribution in [3.8, 4) is 5.88 Å². The van der Waals surface area contributed by atoms with Gasteiger partial charge < -0.3 is 10.4 Å². The lowest BCUT2D eigenvalue weighted by atomic mass is 10.2. The van der Waals surface area contributed by atoms with E-state index in [1.165, 1.54) is 4.40 Å². The second-order valence-corrected chi connectivity index (χ2v) is 5.22. The molecule has 0 atom stereocenters. The van der Waals surface area contributed by atoms with E-state index in [1.807, 2.05) is 37.3 Å². The number of hydrogen-bond donors (Lipinski definition) is 2. The van der Waals surface area contributed by atoms with Gasteiger partial charge in [-0.1, -0.05) is 36.4 Å². The molecule has 1 aromatic carbocycles. The van der Waals surface area contributed by atoms with Gasteiger partial charge in [0.1, 0.15) is 5.65 Å². The molecule has 3 rings (SSSR count). The lowest BCUT2D eigenvalue weighted by molar-refractivity contribution is 0.0945. The minimum atomic E-state index is -0.653. The molecule has 6 heteroatoms. The summed E-state index contributed by atoms with van der Waals surface area (Å²) in [6, 6.07) is 12.7. The summed E-state index contributed by atoms with van der Waals surface area (Å²) >= 11 is 0. The third kappa shape index (κ3) is 2.91. The fourth-order valence-electron chi connectivity index (χ4n) is 2.30. The normalized spacial score (nSPS) is 10.7. The molecule has 1 amide bonds. The molecular formula is C17H15N3O3. The Balaban J connectivity index is 1.95. The molecule has 2 heterocycles. The maximum atomic E-state index is 12.5. The van der Waals surface area contributed by atoms with Crippen molar-refractivity contribution >= 4 is 11.6 Å². The van der Waals surface area contributed by atoms with E-state index in [1.54, 1.807) is 18.3 Å². The number of aromatic nitrogens is 2. The monoisotopic (exact) mass is 309 g/mol. The highest BCUT2D eigenvalue weighted by atomic mass is 16.3. The van der Waals surface area contributed by atoms with Gasteiger partial charge in [-0.25, -0.2) is 0 Å². The largest absolute Gasteiger partial charge is 0.493 e. The van der Waals surface area contributed by atoms with Crippen LogP contribution in [0.5, 0.6) is 5.88 Å². The lowest BCUT2D eigenvalue weighted by Crippen LogP contribution is -2.31. The van der Waals surface area contributed by atoms with E-state index >= 15 is 0 Å². The maximum Gasteiger partial charge on any atom is 0.274 e. The van der Waals surface area contributed by atoms with Gasteiger partial charge in [-0.3, -0.25) is 14.0 Å². The van der Waals surface area contributed by atoms with Crippen LogP contribution in [-0.4, -0.2) is 20.4 Å². The fourth-order valence-corrected chi connectivity index (χ4v) is 2.30. The van der Waals surface area contributed by atoms with E-state index in [4.69, 9.17) is 0 Å². The predicted molar refractivity (Wildman–Crippen MR) is 85.5 cm³/mol. The van der Waals surface area contributed by atoms with Crippen LogP contribution in [0.3, 0.4) is 0 Å². The van der Waals surface area contributed by atoms with Crippen LogP contribution in [0, 0.1) is 6.92 Å². The van der Waals surface area contributed by atoms with Gasteiger partial charge in [0.05, 0.1) is 0 Å². The van der Waals surface area contributed by atoms with Crippen molar-refractivity contribution in [2.45, 2.75) is 13.5 Å². The Bertz CT molecular complexity index is 933. The maximum absolute atomic E-state index is 12.5. The summed E-state index contributed by atoms with van der Waals surface area (Å²) in [4.78, 5) is 28.6. The average Bonchev–Trinajstić information content (AvgIpc) is 2.55. The SMILES string of the molecule is Cc1ccc2nc(O)c(C(=O)NCc3ccccc3)c(=O)n2c1. The number of pyridine rings is 1. The zero-order chi connectivity index (χ0) is 16.4. The summed E-state index contributed by atoms with van der Waals surface area (Å²) in [5.41, 5.74) is 1.08. The average molecular weight is 309 g/mol. The van der Waals surface area contributed by atoms with Crippen molar-refractivity contribution in [3.63, 3.8) is 0 Å². The van der Waals surface area contributed by atoms with Crippen LogP contribution in [0.4, 0.5) is 0 Å². The summed E-state index contributed by atoms with van der Waals surface area (Å²) < 4.78 is 1.26. The molecule has 23 heavy (non-hydrogen) atoms. The van der Waals surface area contributed by atoms with Crippen molar-refractivity contribution in [2.24, 2.45) is 0 Å². The van der Waals surface area contributed by atoms with Crippen LogP contribution in [-0.2, 0) is 6.54 Å². The van der Waals surface area contributed by atoms with Crippen LogP contribution in [0.25, 0.3) is 5.65 Å². The van der Waals surface area contributed by atoms with Crippen molar-refractivity contribution in [2.75, 3.05) is 0 Å².